The van der Waals surface area contributed by atoms with Crippen molar-refractivity contribution in [3.8, 4) is 0 Å². The van der Waals surface area contributed by atoms with Crippen molar-refractivity contribution < 1.29 is 24.0 Å². The van der Waals surface area contributed by atoms with Crippen LogP contribution in [0.4, 0.5) is 0 Å². The Labute approximate surface area is 196 Å². The zero-order valence-electron chi connectivity index (χ0n) is 18.8. The summed E-state index contributed by atoms with van der Waals surface area (Å²) in [5.41, 5.74) is 1.07. The molecule has 4 amide bonds. The summed E-state index contributed by atoms with van der Waals surface area (Å²) in [6.45, 7) is 1.11. The van der Waals surface area contributed by atoms with Gasteiger partial charge in [0.25, 0.3) is 11.8 Å². The lowest BCUT2D eigenvalue weighted by Gasteiger charge is -2.23. The summed E-state index contributed by atoms with van der Waals surface area (Å²) < 4.78 is 0. The number of nitrogens with one attached hydrogen (secondary N) is 2. The number of hydrogen-bond donors (Lipinski definition) is 2. The minimum atomic E-state index is -0.895. The lowest BCUT2D eigenvalue weighted by Crippen LogP contribution is -2.50. The lowest BCUT2D eigenvalue weighted by molar-refractivity contribution is -0.144. The van der Waals surface area contributed by atoms with Gasteiger partial charge in [0.2, 0.25) is 17.6 Å². The second-order valence-electron chi connectivity index (χ2n) is 8.44. The van der Waals surface area contributed by atoms with Crippen LogP contribution in [0.2, 0.25) is 0 Å². The molecule has 178 valence electrons. The fraction of sp³-hybridized carbons (Fsp3) is 0.417. The Hall–Kier alpha value is -3.82. The zero-order chi connectivity index (χ0) is 24.1. The monoisotopic (exact) mass is 465 g/mol. The van der Waals surface area contributed by atoms with Gasteiger partial charge < -0.3 is 20.4 Å². The number of aromatic nitrogens is 1. The molecule has 2 saturated heterocycles. The third kappa shape index (κ3) is 5.05. The molecule has 1 atom stereocenters. The standard InChI is InChI=1S/C24H27N5O5/c30-20(28-11-3-4-12-28)14-27-24(34)22(32)19-8-5-13-29(19)21(31)15-26-23(33)17-9-10-25-18-7-2-1-6-16(17)18/h1-2,6-7,9-10,19H,3-5,8,11-15H2,(H,26,33)(H,27,34). The number of ketones is 1. The highest BCUT2D eigenvalue weighted by molar-refractivity contribution is 6.38. The van der Waals surface area contributed by atoms with Gasteiger partial charge in [-0.3, -0.25) is 29.0 Å². The van der Waals surface area contributed by atoms with Gasteiger partial charge in [0.05, 0.1) is 24.2 Å². The van der Waals surface area contributed by atoms with Crippen molar-refractivity contribution in [2.45, 2.75) is 31.7 Å². The van der Waals surface area contributed by atoms with E-state index < -0.39 is 29.5 Å². The second-order valence-corrected chi connectivity index (χ2v) is 8.44. The number of hydrogen-bond acceptors (Lipinski definition) is 6. The first-order valence-electron chi connectivity index (χ1n) is 11.5. The van der Waals surface area contributed by atoms with Crippen LogP contribution in [0, 0.1) is 0 Å². The topological polar surface area (TPSA) is 129 Å². The van der Waals surface area contributed by atoms with Crippen LogP contribution in [0.5, 0.6) is 0 Å². The molecular formula is C24H27N5O5. The summed E-state index contributed by atoms with van der Waals surface area (Å²) in [4.78, 5) is 69.8. The van der Waals surface area contributed by atoms with Gasteiger partial charge in [0, 0.05) is 31.2 Å². The summed E-state index contributed by atoms with van der Waals surface area (Å²) in [6.07, 6.45) is 4.34. The van der Waals surface area contributed by atoms with Gasteiger partial charge in [-0.15, -0.1) is 0 Å². The van der Waals surface area contributed by atoms with E-state index in [0.717, 1.165) is 12.8 Å². The summed E-state index contributed by atoms with van der Waals surface area (Å²) in [6, 6.07) is 7.88. The van der Waals surface area contributed by atoms with Gasteiger partial charge in [-0.25, -0.2) is 0 Å². The number of rotatable bonds is 7. The van der Waals surface area contributed by atoms with E-state index in [0.29, 0.717) is 48.9 Å². The van der Waals surface area contributed by atoms with E-state index >= 15 is 0 Å². The molecule has 1 aromatic heterocycles. The van der Waals surface area contributed by atoms with Gasteiger partial charge >= 0.3 is 0 Å². The maximum atomic E-state index is 12.8. The summed E-state index contributed by atoms with van der Waals surface area (Å²) >= 11 is 0. The largest absolute Gasteiger partial charge is 0.343 e. The molecule has 2 aliphatic rings. The van der Waals surface area contributed by atoms with Crippen molar-refractivity contribution >= 4 is 40.3 Å². The Morgan fingerprint density at radius 1 is 0.882 bits per heavy atom. The molecule has 10 nitrogen and oxygen atoms in total. The van der Waals surface area contributed by atoms with Crippen LogP contribution in [-0.2, 0) is 19.2 Å². The molecule has 0 aliphatic carbocycles. The quantitative estimate of drug-likeness (QED) is 0.565. The highest BCUT2D eigenvalue weighted by Gasteiger charge is 2.37. The van der Waals surface area contributed by atoms with E-state index in [2.05, 4.69) is 15.6 Å². The average molecular weight is 466 g/mol. The van der Waals surface area contributed by atoms with Crippen LogP contribution in [-0.4, -0.2) is 83.0 Å². The summed E-state index contributed by atoms with van der Waals surface area (Å²) in [7, 11) is 0. The van der Waals surface area contributed by atoms with Crippen molar-refractivity contribution in [1.82, 2.24) is 25.4 Å². The molecule has 1 unspecified atom stereocenters. The maximum Gasteiger partial charge on any atom is 0.290 e. The third-order valence-corrected chi connectivity index (χ3v) is 6.25. The predicted molar refractivity (Wildman–Crippen MR) is 123 cm³/mol. The molecular weight excluding hydrogens is 438 g/mol. The molecule has 4 rings (SSSR count). The minimum absolute atomic E-state index is 0.218. The lowest BCUT2D eigenvalue weighted by atomic mass is 10.1. The number of nitrogens with zero attached hydrogens (tertiary/aromatic N) is 3. The van der Waals surface area contributed by atoms with Crippen LogP contribution < -0.4 is 10.6 Å². The molecule has 1 aromatic carbocycles. The first-order valence-corrected chi connectivity index (χ1v) is 11.5. The number of benzene rings is 1. The molecule has 2 aromatic rings. The van der Waals surface area contributed by atoms with Crippen LogP contribution >= 0.6 is 0 Å². The van der Waals surface area contributed by atoms with E-state index in [1.165, 1.54) is 11.1 Å². The number of carbonyl (C=O) groups is 5. The van der Waals surface area contributed by atoms with E-state index in [1.54, 1.807) is 29.2 Å². The summed E-state index contributed by atoms with van der Waals surface area (Å²) in [5.74, 6) is -2.70. The van der Waals surface area contributed by atoms with Crippen molar-refractivity contribution in [1.29, 1.82) is 0 Å². The Bertz CT molecular complexity index is 1120. The number of carbonyl (C=O) groups excluding carboxylic acids is 5. The van der Waals surface area contributed by atoms with Crippen LogP contribution in [0.15, 0.2) is 36.5 Å². The van der Waals surface area contributed by atoms with Gasteiger partial charge in [0.15, 0.2) is 0 Å². The number of likely N-dealkylation sites (tertiary alicyclic amines) is 2. The van der Waals surface area contributed by atoms with Crippen molar-refractivity contribution in [2.75, 3.05) is 32.7 Å². The number of Topliss-reactive ketones (excluding diaryl/α,β-unsaturated/α-hetero) is 1. The molecule has 3 heterocycles. The fourth-order valence-electron chi connectivity index (χ4n) is 4.46. The molecule has 0 saturated carbocycles. The highest BCUT2D eigenvalue weighted by atomic mass is 16.2. The van der Waals surface area contributed by atoms with Gasteiger partial charge in [-0.2, -0.15) is 0 Å². The molecule has 0 spiro atoms. The van der Waals surface area contributed by atoms with Crippen LogP contribution in [0.25, 0.3) is 10.9 Å². The van der Waals surface area contributed by atoms with Gasteiger partial charge in [-0.05, 0) is 37.8 Å². The normalized spacial score (nSPS) is 17.6. The van der Waals surface area contributed by atoms with Gasteiger partial charge in [0.1, 0.15) is 6.04 Å². The number of fused-ring (bicyclic) bond motifs is 1. The highest BCUT2D eigenvalue weighted by Crippen LogP contribution is 2.19. The number of amides is 4. The first-order chi connectivity index (χ1) is 16.5. The van der Waals surface area contributed by atoms with E-state index in [1.807, 2.05) is 6.07 Å². The Kier molecular flexibility index (Phi) is 7.15. The smallest absolute Gasteiger partial charge is 0.290 e. The van der Waals surface area contributed by atoms with E-state index in [-0.39, 0.29) is 19.0 Å². The predicted octanol–water partition coefficient (Wildman–Crippen LogP) is 0.263. The molecule has 2 fully saturated rings. The SMILES string of the molecule is O=C(NCC(=O)N1CCCC1)C(=O)C1CCCN1C(=O)CNC(=O)c1ccnc2ccccc12. The molecule has 34 heavy (non-hydrogen) atoms. The Morgan fingerprint density at radius 2 is 1.62 bits per heavy atom. The van der Waals surface area contributed by atoms with Crippen LogP contribution in [0.1, 0.15) is 36.0 Å². The van der Waals surface area contributed by atoms with Gasteiger partial charge in [-0.1, -0.05) is 18.2 Å². The van der Waals surface area contributed by atoms with Crippen molar-refractivity contribution in [3.63, 3.8) is 0 Å². The minimum Gasteiger partial charge on any atom is -0.343 e. The maximum absolute atomic E-state index is 12.8. The molecule has 0 bridgehead atoms. The van der Waals surface area contributed by atoms with E-state index in [9.17, 15) is 24.0 Å². The van der Waals surface area contributed by atoms with E-state index in [4.69, 9.17) is 0 Å². The number of pyridine rings is 1. The number of para-hydroxylation sites is 1. The first kappa shape index (κ1) is 23.3. The average Bonchev–Trinajstić information content (AvgIpc) is 3.57. The Morgan fingerprint density at radius 3 is 2.41 bits per heavy atom. The van der Waals surface area contributed by atoms with Crippen molar-refractivity contribution in [2.24, 2.45) is 0 Å². The molecule has 10 heteroatoms. The second kappa shape index (κ2) is 10.4. The fourth-order valence-corrected chi connectivity index (χ4v) is 4.46. The third-order valence-electron chi connectivity index (χ3n) is 6.25. The molecule has 0 radical (unpaired) electrons. The Balaban J connectivity index is 1.31. The molecule has 2 N–H and O–H groups in total. The zero-order valence-corrected chi connectivity index (χ0v) is 18.8. The van der Waals surface area contributed by atoms with Crippen molar-refractivity contribution in [3.05, 3.63) is 42.1 Å². The summed E-state index contributed by atoms with van der Waals surface area (Å²) in [5, 5.41) is 5.67. The van der Waals surface area contributed by atoms with Crippen LogP contribution in [0.3, 0.4) is 0 Å². The molecule has 2 aliphatic heterocycles.